The molecular weight excluding hydrogens is 326 g/mol. The van der Waals surface area contributed by atoms with Crippen LogP contribution in [0.2, 0.25) is 0 Å². The second kappa shape index (κ2) is 6.66. The van der Waals surface area contributed by atoms with Crippen molar-refractivity contribution in [1.82, 2.24) is 14.1 Å². The fourth-order valence-corrected chi connectivity index (χ4v) is 4.93. The van der Waals surface area contributed by atoms with E-state index in [9.17, 15) is 8.42 Å². The molecule has 6 nitrogen and oxygen atoms in total. The highest BCUT2D eigenvalue weighted by Crippen LogP contribution is 2.30. The molecule has 0 aliphatic carbocycles. The van der Waals surface area contributed by atoms with Crippen LogP contribution in [0, 0.1) is 6.92 Å². The molecule has 1 aliphatic rings. The highest BCUT2D eigenvalue weighted by atomic mass is 32.2. The number of nitrogens with zero attached hydrogens (tertiary/aromatic N) is 3. The molecule has 1 saturated heterocycles. The molecule has 0 radical (unpaired) electrons. The van der Waals surface area contributed by atoms with Crippen molar-refractivity contribution in [3.05, 3.63) is 47.8 Å². The third kappa shape index (κ3) is 3.24. The molecule has 0 bridgehead atoms. The second-order valence-electron chi connectivity index (χ2n) is 6.29. The minimum absolute atomic E-state index is 0.106. The zero-order chi connectivity index (χ0) is 17.3. The van der Waals surface area contributed by atoms with Gasteiger partial charge >= 0.3 is 0 Å². The average molecular weight is 349 g/mol. The number of aromatic nitrogens is 2. The minimum Gasteiger partial charge on any atom is -0.380 e. The third-order valence-corrected chi connectivity index (χ3v) is 6.51. The summed E-state index contributed by atoms with van der Waals surface area (Å²) < 4.78 is 35.0. The Balaban J connectivity index is 1.90. The lowest BCUT2D eigenvalue weighted by molar-refractivity contribution is 0.0810. The Kier molecular flexibility index (Phi) is 4.76. The van der Waals surface area contributed by atoms with Crippen LogP contribution in [0.5, 0.6) is 0 Å². The Labute approximate surface area is 143 Å². The number of hydrogen-bond donors (Lipinski definition) is 0. The molecular formula is C17H23N3O3S. The smallest absolute Gasteiger partial charge is 0.243 e. The van der Waals surface area contributed by atoms with Crippen LogP contribution in [-0.2, 0) is 28.2 Å². The molecule has 0 saturated carbocycles. The van der Waals surface area contributed by atoms with Gasteiger partial charge in [0.05, 0.1) is 23.2 Å². The van der Waals surface area contributed by atoms with Crippen LogP contribution in [0.3, 0.4) is 0 Å². The van der Waals surface area contributed by atoms with Gasteiger partial charge in [0, 0.05) is 26.9 Å². The monoisotopic (exact) mass is 349 g/mol. The lowest BCUT2D eigenvalue weighted by atomic mass is 10.1. The minimum atomic E-state index is -3.53. The van der Waals surface area contributed by atoms with Crippen molar-refractivity contribution in [2.45, 2.75) is 36.8 Å². The van der Waals surface area contributed by atoms with Gasteiger partial charge in [0.2, 0.25) is 10.0 Å². The van der Waals surface area contributed by atoms with Gasteiger partial charge in [-0.05, 0) is 37.5 Å². The molecule has 0 spiro atoms. The summed E-state index contributed by atoms with van der Waals surface area (Å²) in [6.45, 7) is 2.41. The van der Waals surface area contributed by atoms with Crippen LogP contribution in [0.1, 0.15) is 17.5 Å². The highest BCUT2D eigenvalue weighted by Gasteiger charge is 2.41. The average Bonchev–Trinajstić information content (AvgIpc) is 3.14. The summed E-state index contributed by atoms with van der Waals surface area (Å²) in [5.41, 5.74) is 2.05. The van der Waals surface area contributed by atoms with Crippen molar-refractivity contribution in [1.29, 1.82) is 0 Å². The van der Waals surface area contributed by atoms with Gasteiger partial charge in [-0.1, -0.05) is 17.7 Å². The number of ether oxygens (including phenoxy) is 1. The van der Waals surface area contributed by atoms with E-state index in [4.69, 9.17) is 4.74 Å². The van der Waals surface area contributed by atoms with Crippen LogP contribution in [0.4, 0.5) is 0 Å². The van der Waals surface area contributed by atoms with Crippen molar-refractivity contribution < 1.29 is 13.2 Å². The van der Waals surface area contributed by atoms with Crippen LogP contribution >= 0.6 is 0 Å². The van der Waals surface area contributed by atoms with Crippen LogP contribution in [0.25, 0.3) is 0 Å². The van der Waals surface area contributed by atoms with Gasteiger partial charge in [0.25, 0.3) is 0 Å². The lowest BCUT2D eigenvalue weighted by Gasteiger charge is -2.26. The van der Waals surface area contributed by atoms with E-state index < -0.39 is 10.0 Å². The molecule has 7 heteroatoms. The maximum absolute atomic E-state index is 13.1. The zero-order valence-corrected chi connectivity index (χ0v) is 15.0. The van der Waals surface area contributed by atoms with Crippen LogP contribution < -0.4 is 0 Å². The molecule has 24 heavy (non-hydrogen) atoms. The molecule has 1 aromatic carbocycles. The van der Waals surface area contributed by atoms with Gasteiger partial charge < -0.3 is 4.74 Å². The number of sulfonamides is 1. The van der Waals surface area contributed by atoms with Crippen LogP contribution in [-0.4, -0.2) is 48.3 Å². The summed E-state index contributed by atoms with van der Waals surface area (Å²) in [4.78, 5) is 0.334. The van der Waals surface area contributed by atoms with Crippen molar-refractivity contribution in [2.75, 3.05) is 13.7 Å². The first-order valence-corrected chi connectivity index (χ1v) is 9.44. The standard InChI is InChI=1S/C17H23N3O3S/c1-13-4-6-15(7-5-13)24(21,22)20-9-8-17(23-3)16(20)10-14-11-18-19(2)12-14/h4-7,11-12,16-17H,8-10H2,1-3H3/t16-,17-/m0/s1. The summed E-state index contributed by atoms with van der Waals surface area (Å²) in [5, 5.41) is 4.17. The molecule has 3 rings (SSSR count). The number of methoxy groups -OCH3 is 1. The summed E-state index contributed by atoms with van der Waals surface area (Å²) in [6, 6.07) is 6.78. The fraction of sp³-hybridized carbons (Fsp3) is 0.471. The zero-order valence-electron chi connectivity index (χ0n) is 14.2. The van der Waals surface area contributed by atoms with E-state index in [0.717, 1.165) is 11.1 Å². The quantitative estimate of drug-likeness (QED) is 0.825. The van der Waals surface area contributed by atoms with Gasteiger partial charge in [0.1, 0.15) is 0 Å². The predicted octanol–water partition coefficient (Wildman–Crippen LogP) is 1.75. The van der Waals surface area contributed by atoms with Crippen molar-refractivity contribution in [2.24, 2.45) is 7.05 Å². The first-order valence-electron chi connectivity index (χ1n) is 8.00. The van der Waals surface area contributed by atoms with E-state index in [-0.39, 0.29) is 12.1 Å². The molecule has 130 valence electrons. The van der Waals surface area contributed by atoms with E-state index in [1.807, 2.05) is 32.3 Å². The first-order chi connectivity index (χ1) is 11.4. The third-order valence-electron chi connectivity index (χ3n) is 4.57. The van der Waals surface area contributed by atoms with E-state index in [2.05, 4.69) is 5.10 Å². The van der Waals surface area contributed by atoms with Gasteiger partial charge in [-0.15, -0.1) is 0 Å². The van der Waals surface area contributed by atoms with Gasteiger partial charge in [-0.2, -0.15) is 9.40 Å². The van der Waals surface area contributed by atoms with E-state index in [1.54, 1.807) is 34.4 Å². The molecule has 2 atom stereocenters. The Morgan fingerprint density at radius 3 is 2.58 bits per heavy atom. The van der Waals surface area contributed by atoms with Crippen LogP contribution in [0.15, 0.2) is 41.6 Å². The molecule has 1 aromatic heterocycles. The maximum Gasteiger partial charge on any atom is 0.243 e. The Bertz CT molecular complexity index is 799. The van der Waals surface area contributed by atoms with Gasteiger partial charge in [-0.3, -0.25) is 4.68 Å². The predicted molar refractivity (Wildman–Crippen MR) is 91.2 cm³/mol. The molecule has 0 amide bonds. The normalized spacial score (nSPS) is 22.1. The van der Waals surface area contributed by atoms with Crippen molar-refractivity contribution in [3.63, 3.8) is 0 Å². The Morgan fingerprint density at radius 2 is 2.00 bits per heavy atom. The number of benzene rings is 1. The molecule has 2 heterocycles. The summed E-state index contributed by atoms with van der Waals surface area (Å²) in [6.07, 6.45) is 4.89. The molecule has 0 unspecified atom stereocenters. The Hall–Kier alpha value is -1.70. The number of aryl methyl sites for hydroxylation is 2. The number of rotatable bonds is 5. The van der Waals surface area contributed by atoms with E-state index >= 15 is 0 Å². The second-order valence-corrected chi connectivity index (χ2v) is 8.18. The van der Waals surface area contributed by atoms with E-state index in [0.29, 0.717) is 24.3 Å². The topological polar surface area (TPSA) is 64.4 Å². The molecule has 0 N–H and O–H groups in total. The maximum atomic E-state index is 13.1. The highest BCUT2D eigenvalue weighted by molar-refractivity contribution is 7.89. The van der Waals surface area contributed by atoms with Crippen molar-refractivity contribution in [3.8, 4) is 0 Å². The molecule has 1 fully saturated rings. The summed E-state index contributed by atoms with van der Waals surface area (Å²) >= 11 is 0. The van der Waals surface area contributed by atoms with Gasteiger partial charge in [0.15, 0.2) is 0 Å². The lowest BCUT2D eigenvalue weighted by Crippen LogP contribution is -2.41. The SMILES string of the molecule is CO[C@H]1CCN(S(=O)(=O)c2ccc(C)cc2)[C@H]1Cc1cnn(C)c1. The fourth-order valence-electron chi connectivity index (χ4n) is 3.27. The first kappa shape index (κ1) is 17.1. The summed E-state index contributed by atoms with van der Waals surface area (Å²) in [7, 11) is -0.0391. The largest absolute Gasteiger partial charge is 0.380 e. The van der Waals surface area contributed by atoms with E-state index in [1.165, 1.54) is 0 Å². The molecule has 1 aliphatic heterocycles. The summed E-state index contributed by atoms with van der Waals surface area (Å²) in [5.74, 6) is 0. The molecule has 2 aromatic rings. The van der Waals surface area contributed by atoms with Gasteiger partial charge in [-0.25, -0.2) is 8.42 Å². The number of hydrogen-bond acceptors (Lipinski definition) is 4. The van der Waals surface area contributed by atoms with Crippen molar-refractivity contribution >= 4 is 10.0 Å². The Morgan fingerprint density at radius 1 is 1.29 bits per heavy atom.